The van der Waals surface area contributed by atoms with E-state index in [1.54, 1.807) is 6.08 Å². The maximum absolute atomic E-state index is 11.6. The minimum Gasteiger partial charge on any atom is -0.393 e. The molecule has 0 spiro atoms. The Labute approximate surface area is 181 Å². The van der Waals surface area contributed by atoms with Gasteiger partial charge in [-0.1, -0.05) is 50.5 Å². The van der Waals surface area contributed by atoms with Crippen molar-refractivity contribution in [2.24, 2.45) is 11.8 Å². The zero-order valence-electron chi connectivity index (χ0n) is 18.2. The van der Waals surface area contributed by atoms with Crippen molar-refractivity contribution < 1.29 is 28.5 Å². The molecular weight excluding hydrogens is 406 g/mol. The second-order valence-electron chi connectivity index (χ2n) is 8.09. The first-order valence-corrected chi connectivity index (χ1v) is 12.8. The van der Waals surface area contributed by atoms with E-state index in [4.69, 9.17) is 0 Å². The molecule has 0 aromatic rings. The number of aliphatic hydroxyl groups is 3. The van der Waals surface area contributed by atoms with Gasteiger partial charge in [0.05, 0.1) is 24.1 Å². The number of rotatable bonds is 14. The quantitative estimate of drug-likeness (QED) is 0.240. The van der Waals surface area contributed by atoms with E-state index in [1.807, 2.05) is 23.0 Å². The number of sulfonamides is 1. The van der Waals surface area contributed by atoms with Crippen LogP contribution in [-0.2, 0) is 14.8 Å². The smallest absolute Gasteiger partial charge is 0.234 e. The average molecular weight is 446 g/mol. The minimum atomic E-state index is -3.51. The molecule has 0 aliphatic heterocycles. The fourth-order valence-electron chi connectivity index (χ4n) is 3.71. The minimum absolute atomic E-state index is 0.117. The van der Waals surface area contributed by atoms with Gasteiger partial charge in [-0.15, -0.1) is 0 Å². The maximum Gasteiger partial charge on any atom is 0.234 e. The lowest BCUT2D eigenvalue weighted by molar-refractivity contribution is -0.119. The lowest BCUT2D eigenvalue weighted by Crippen LogP contribution is -2.31. The first-order chi connectivity index (χ1) is 14.2. The van der Waals surface area contributed by atoms with Crippen LogP contribution in [0.4, 0.5) is 0 Å². The van der Waals surface area contributed by atoms with Crippen LogP contribution >= 0.6 is 0 Å². The second kappa shape index (κ2) is 14.0. The second-order valence-corrected chi connectivity index (χ2v) is 10.1. The molecule has 0 aromatic carbocycles. The number of nitrogens with one attached hydrogen (secondary N) is 1. The number of unbranched alkanes of at least 4 members (excludes halogenated alkanes) is 3. The Balaban J connectivity index is 2.43. The van der Waals surface area contributed by atoms with Crippen molar-refractivity contribution >= 4 is 15.9 Å². The van der Waals surface area contributed by atoms with Crippen LogP contribution < -0.4 is 4.72 Å². The molecule has 4 N–H and O–H groups in total. The van der Waals surface area contributed by atoms with Gasteiger partial charge in [0.25, 0.3) is 0 Å². The van der Waals surface area contributed by atoms with E-state index in [2.05, 4.69) is 6.92 Å². The molecule has 0 unspecified atom stereocenters. The molecule has 0 bridgehead atoms. The highest BCUT2D eigenvalue weighted by molar-refractivity contribution is 7.90. The molecule has 1 saturated carbocycles. The third-order valence-electron chi connectivity index (χ3n) is 5.57. The Hall–Kier alpha value is -1.22. The number of allylic oxidation sites excluding steroid dienone is 2. The molecule has 1 fully saturated rings. The van der Waals surface area contributed by atoms with Gasteiger partial charge in [-0.25, -0.2) is 8.42 Å². The maximum atomic E-state index is 11.6. The van der Waals surface area contributed by atoms with E-state index in [0.717, 1.165) is 19.3 Å². The van der Waals surface area contributed by atoms with E-state index in [0.29, 0.717) is 32.1 Å². The van der Waals surface area contributed by atoms with Crippen molar-refractivity contribution in [2.45, 2.75) is 89.9 Å². The molecule has 1 aliphatic rings. The number of amides is 1. The molecule has 0 aromatic heterocycles. The van der Waals surface area contributed by atoms with E-state index < -0.39 is 34.2 Å². The summed E-state index contributed by atoms with van der Waals surface area (Å²) in [4.78, 5) is 11.6. The van der Waals surface area contributed by atoms with Crippen molar-refractivity contribution in [1.82, 2.24) is 4.72 Å². The van der Waals surface area contributed by atoms with Gasteiger partial charge in [-0.3, -0.25) is 9.52 Å². The molecule has 0 heterocycles. The molecule has 30 heavy (non-hydrogen) atoms. The summed E-state index contributed by atoms with van der Waals surface area (Å²) in [6.45, 7) is 3.59. The van der Waals surface area contributed by atoms with E-state index in [1.165, 1.54) is 6.92 Å². The van der Waals surface area contributed by atoms with Gasteiger partial charge in [0, 0.05) is 18.8 Å². The lowest BCUT2D eigenvalue weighted by Gasteiger charge is -2.19. The van der Waals surface area contributed by atoms with Crippen molar-refractivity contribution in [2.75, 3.05) is 5.75 Å². The molecule has 7 nitrogen and oxygen atoms in total. The summed E-state index contributed by atoms with van der Waals surface area (Å²) in [7, 11) is -3.51. The number of carbonyl (C=O) groups is 1. The Morgan fingerprint density at radius 2 is 1.87 bits per heavy atom. The third-order valence-corrected chi connectivity index (χ3v) is 6.87. The van der Waals surface area contributed by atoms with Crippen LogP contribution in [0.2, 0.25) is 0 Å². The van der Waals surface area contributed by atoms with Crippen LogP contribution in [0, 0.1) is 11.8 Å². The number of hydrogen-bond donors (Lipinski definition) is 4. The first kappa shape index (κ1) is 26.8. The van der Waals surface area contributed by atoms with Gasteiger partial charge in [-0.2, -0.15) is 0 Å². The molecule has 174 valence electrons. The molecule has 1 aliphatic carbocycles. The normalized spacial score (nSPS) is 25.9. The van der Waals surface area contributed by atoms with Crippen molar-refractivity contribution in [3.05, 3.63) is 24.3 Å². The SMILES string of the molecule is CCCCC[C@H](O)C=C[C@@H]1[C@@H](CC=CCCCC(=O)NS(=O)(=O)CC)[C@@H](O)C[C@H]1O. The van der Waals surface area contributed by atoms with Crippen LogP contribution in [0.25, 0.3) is 0 Å². The van der Waals surface area contributed by atoms with Crippen LogP contribution in [-0.4, -0.2) is 53.7 Å². The third kappa shape index (κ3) is 10.2. The Kier molecular flexibility index (Phi) is 12.5. The fraction of sp³-hybridized carbons (Fsp3) is 0.773. The summed E-state index contributed by atoms with van der Waals surface area (Å²) in [6, 6.07) is 0. The van der Waals surface area contributed by atoms with E-state index in [9.17, 15) is 28.5 Å². The summed E-state index contributed by atoms with van der Waals surface area (Å²) in [5.74, 6) is -0.939. The molecule has 0 saturated heterocycles. The standard InChI is InChI=1S/C22H39NO6S/c1-3-5-8-11-17(24)14-15-19-18(20(25)16-21(19)26)12-9-6-7-10-13-22(27)23-30(28,29)4-2/h6,9,14-15,17-21,24-26H,3-5,7-8,10-13,16H2,1-2H3,(H,23,27)/t17-,18+,19+,20-,21+/m0/s1. The van der Waals surface area contributed by atoms with Gasteiger partial charge < -0.3 is 15.3 Å². The van der Waals surface area contributed by atoms with E-state index in [-0.39, 0.29) is 24.0 Å². The molecular formula is C22H39NO6S. The molecule has 8 heteroatoms. The molecule has 5 atom stereocenters. The molecule has 1 amide bonds. The van der Waals surface area contributed by atoms with Crippen LogP contribution in [0.15, 0.2) is 24.3 Å². The van der Waals surface area contributed by atoms with E-state index >= 15 is 0 Å². The van der Waals surface area contributed by atoms with Crippen LogP contribution in [0.5, 0.6) is 0 Å². The van der Waals surface area contributed by atoms with Gasteiger partial charge >= 0.3 is 0 Å². The Morgan fingerprint density at radius 1 is 1.13 bits per heavy atom. The predicted molar refractivity (Wildman–Crippen MR) is 118 cm³/mol. The number of hydrogen-bond acceptors (Lipinski definition) is 6. The van der Waals surface area contributed by atoms with Gasteiger partial charge in [0.15, 0.2) is 0 Å². The highest BCUT2D eigenvalue weighted by Crippen LogP contribution is 2.36. The zero-order chi connectivity index (χ0) is 22.6. The lowest BCUT2D eigenvalue weighted by atomic mass is 9.89. The van der Waals surface area contributed by atoms with Crippen molar-refractivity contribution in [3.8, 4) is 0 Å². The zero-order valence-corrected chi connectivity index (χ0v) is 19.1. The van der Waals surface area contributed by atoms with Gasteiger partial charge in [0.1, 0.15) is 0 Å². The van der Waals surface area contributed by atoms with Gasteiger partial charge in [0.2, 0.25) is 15.9 Å². The molecule has 0 radical (unpaired) electrons. The van der Waals surface area contributed by atoms with Gasteiger partial charge in [-0.05, 0) is 38.5 Å². The monoisotopic (exact) mass is 445 g/mol. The highest BCUT2D eigenvalue weighted by Gasteiger charge is 2.39. The summed E-state index contributed by atoms with van der Waals surface area (Å²) >= 11 is 0. The van der Waals surface area contributed by atoms with Crippen molar-refractivity contribution in [3.63, 3.8) is 0 Å². The first-order valence-electron chi connectivity index (χ1n) is 11.1. The summed E-state index contributed by atoms with van der Waals surface area (Å²) < 4.78 is 24.7. The largest absolute Gasteiger partial charge is 0.393 e. The van der Waals surface area contributed by atoms with Crippen LogP contribution in [0.1, 0.15) is 71.6 Å². The summed E-state index contributed by atoms with van der Waals surface area (Å²) in [5.41, 5.74) is 0. The number of carbonyl (C=O) groups excluding carboxylic acids is 1. The van der Waals surface area contributed by atoms with Crippen LogP contribution in [0.3, 0.4) is 0 Å². The highest BCUT2D eigenvalue weighted by atomic mass is 32.2. The summed E-state index contributed by atoms with van der Waals surface area (Å²) in [5, 5.41) is 30.6. The summed E-state index contributed by atoms with van der Waals surface area (Å²) in [6.07, 6.45) is 11.7. The van der Waals surface area contributed by atoms with Crippen molar-refractivity contribution in [1.29, 1.82) is 0 Å². The molecule has 1 rings (SSSR count). The average Bonchev–Trinajstić information content (AvgIpc) is 2.95. The Morgan fingerprint density at radius 3 is 2.53 bits per heavy atom. The Bertz CT molecular complexity index is 661. The fourth-order valence-corrected chi connectivity index (χ4v) is 4.30. The topological polar surface area (TPSA) is 124 Å². The number of aliphatic hydroxyl groups excluding tert-OH is 3. The predicted octanol–water partition coefficient (Wildman–Crippen LogP) is 2.42.